The minimum absolute atomic E-state index is 0.0560. The molecule has 0 amide bonds. The van der Waals surface area contributed by atoms with Gasteiger partial charge in [-0.1, -0.05) is 12.2 Å². The molecular weight excluding hydrogens is 276 g/mol. The Bertz CT molecular complexity index is 555. The molecular formula is C19H24O3. The highest BCUT2D eigenvalue weighted by Gasteiger charge is 2.62. The van der Waals surface area contributed by atoms with Gasteiger partial charge in [-0.3, -0.25) is 0 Å². The summed E-state index contributed by atoms with van der Waals surface area (Å²) in [5.41, 5.74) is 0. The zero-order valence-electron chi connectivity index (χ0n) is 12.9. The quantitative estimate of drug-likeness (QED) is 0.420. The Morgan fingerprint density at radius 1 is 0.773 bits per heavy atom. The van der Waals surface area contributed by atoms with Crippen LogP contribution < -0.4 is 0 Å². The number of carbonyl (C=O) groups is 1. The lowest BCUT2D eigenvalue weighted by molar-refractivity contribution is 0.0282. The predicted octanol–water partition coefficient (Wildman–Crippen LogP) is 3.78. The Morgan fingerprint density at radius 3 is 2.45 bits per heavy atom. The first-order valence-electron chi connectivity index (χ1n) is 9.33. The molecule has 6 rings (SSSR count). The fourth-order valence-corrected chi connectivity index (χ4v) is 7.66. The van der Waals surface area contributed by atoms with Crippen LogP contribution in [-0.4, -0.2) is 18.4 Å². The molecule has 6 aliphatic rings. The van der Waals surface area contributed by atoms with Gasteiger partial charge in [-0.2, -0.15) is 0 Å². The topological polar surface area (TPSA) is 35.5 Å². The van der Waals surface area contributed by atoms with Crippen molar-refractivity contribution in [3.63, 3.8) is 0 Å². The van der Waals surface area contributed by atoms with Gasteiger partial charge in [0.25, 0.3) is 0 Å². The minimum atomic E-state index is -0.429. The maximum absolute atomic E-state index is 11.3. The van der Waals surface area contributed by atoms with E-state index in [2.05, 4.69) is 12.2 Å². The molecule has 4 bridgehead atoms. The van der Waals surface area contributed by atoms with Crippen LogP contribution in [0.5, 0.6) is 0 Å². The second-order valence-electron chi connectivity index (χ2n) is 8.80. The molecule has 0 spiro atoms. The van der Waals surface area contributed by atoms with Crippen LogP contribution in [0.3, 0.4) is 0 Å². The first kappa shape index (κ1) is 12.4. The molecule has 0 aromatic carbocycles. The Kier molecular flexibility index (Phi) is 2.32. The molecule has 3 heteroatoms. The first-order valence-corrected chi connectivity index (χ1v) is 9.33. The molecule has 4 saturated carbocycles. The van der Waals surface area contributed by atoms with E-state index in [9.17, 15) is 4.79 Å². The van der Waals surface area contributed by atoms with Crippen LogP contribution in [0.25, 0.3) is 0 Å². The van der Waals surface area contributed by atoms with Crippen LogP contribution in [0.4, 0.5) is 4.79 Å². The fraction of sp³-hybridized carbons (Fsp3) is 0.842. The number of rotatable bonds is 1. The van der Waals surface area contributed by atoms with E-state index < -0.39 is 6.16 Å². The summed E-state index contributed by atoms with van der Waals surface area (Å²) in [6, 6.07) is 0. The summed E-state index contributed by atoms with van der Waals surface area (Å²) in [5, 5.41) is 0. The van der Waals surface area contributed by atoms with Gasteiger partial charge in [0.2, 0.25) is 0 Å². The second kappa shape index (κ2) is 4.10. The fourth-order valence-electron chi connectivity index (χ4n) is 7.66. The lowest BCUT2D eigenvalue weighted by Crippen LogP contribution is -2.39. The normalized spacial score (nSPS) is 60.3. The van der Waals surface area contributed by atoms with E-state index in [1.165, 1.54) is 25.7 Å². The average molecular weight is 300 g/mol. The number of carbonyl (C=O) groups excluding carboxylic acids is 1. The zero-order chi connectivity index (χ0) is 14.4. The molecule has 1 saturated heterocycles. The summed E-state index contributed by atoms with van der Waals surface area (Å²) in [6.45, 7) is 0. The van der Waals surface area contributed by atoms with Gasteiger partial charge in [-0.15, -0.1) is 0 Å². The van der Waals surface area contributed by atoms with Crippen LogP contribution in [0.2, 0.25) is 0 Å². The maximum Gasteiger partial charge on any atom is 0.509 e. The van der Waals surface area contributed by atoms with Crippen molar-refractivity contribution in [3.05, 3.63) is 12.2 Å². The molecule has 5 aliphatic carbocycles. The van der Waals surface area contributed by atoms with E-state index in [4.69, 9.17) is 9.47 Å². The van der Waals surface area contributed by atoms with Crippen molar-refractivity contribution in [2.75, 3.05) is 0 Å². The lowest BCUT2D eigenvalue weighted by atomic mass is 9.63. The van der Waals surface area contributed by atoms with Crippen LogP contribution in [0, 0.1) is 47.3 Å². The summed E-state index contributed by atoms with van der Waals surface area (Å²) in [7, 11) is 0. The molecule has 10 atom stereocenters. The van der Waals surface area contributed by atoms with Crippen LogP contribution in [0.15, 0.2) is 12.2 Å². The smallest absolute Gasteiger partial charge is 0.427 e. The summed E-state index contributed by atoms with van der Waals surface area (Å²) in [6.07, 6.45) is 12.5. The standard InChI is InChI=1S/C19H24O3/c20-19-21-15-4-3-9(8-16(15)22-19)13-6-12-7-14(13)18-11-2-1-10(5-11)17(12)18/h1-2,9-18H,3-8H2. The highest BCUT2D eigenvalue weighted by atomic mass is 16.8. The maximum atomic E-state index is 11.3. The molecule has 0 aromatic heterocycles. The molecule has 0 aromatic rings. The van der Waals surface area contributed by atoms with Gasteiger partial charge in [-0.25, -0.2) is 4.79 Å². The van der Waals surface area contributed by atoms with Gasteiger partial charge < -0.3 is 9.47 Å². The van der Waals surface area contributed by atoms with Crippen molar-refractivity contribution in [3.8, 4) is 0 Å². The van der Waals surface area contributed by atoms with Gasteiger partial charge in [0.05, 0.1) is 0 Å². The van der Waals surface area contributed by atoms with Crippen molar-refractivity contribution in [1.29, 1.82) is 0 Å². The SMILES string of the molecule is O=C1OC2CCC(C3CC4CC3C3C5C=CC(C5)C43)CC2O1. The molecule has 0 radical (unpaired) electrons. The third kappa shape index (κ3) is 1.46. The summed E-state index contributed by atoms with van der Waals surface area (Å²) >= 11 is 0. The third-order valence-electron chi connectivity index (χ3n) is 8.19. The van der Waals surface area contributed by atoms with E-state index in [1.807, 2.05) is 0 Å². The van der Waals surface area contributed by atoms with Crippen molar-refractivity contribution >= 4 is 6.16 Å². The Balaban J connectivity index is 1.23. The molecule has 0 N–H and O–H groups in total. The molecule has 118 valence electrons. The summed E-state index contributed by atoms with van der Waals surface area (Å²) < 4.78 is 10.7. The first-order chi connectivity index (χ1) is 10.8. The van der Waals surface area contributed by atoms with Gasteiger partial charge in [0, 0.05) is 0 Å². The van der Waals surface area contributed by atoms with Crippen LogP contribution in [0.1, 0.15) is 38.5 Å². The highest BCUT2D eigenvalue weighted by Crippen LogP contribution is 2.68. The van der Waals surface area contributed by atoms with Gasteiger partial charge >= 0.3 is 6.16 Å². The number of hydrogen-bond donors (Lipinski definition) is 0. The Morgan fingerprint density at radius 2 is 1.55 bits per heavy atom. The lowest BCUT2D eigenvalue weighted by Gasteiger charge is -2.42. The third-order valence-corrected chi connectivity index (χ3v) is 8.19. The van der Waals surface area contributed by atoms with E-state index >= 15 is 0 Å². The summed E-state index contributed by atoms with van der Waals surface area (Å²) in [5.74, 6) is 7.49. The molecule has 1 heterocycles. The number of hydrogen-bond acceptors (Lipinski definition) is 3. The molecule has 10 unspecified atom stereocenters. The largest absolute Gasteiger partial charge is 0.509 e. The van der Waals surface area contributed by atoms with Crippen molar-refractivity contribution in [2.45, 2.75) is 50.7 Å². The number of ether oxygens (including phenoxy) is 2. The summed E-state index contributed by atoms with van der Waals surface area (Å²) in [4.78, 5) is 11.3. The van der Waals surface area contributed by atoms with Gasteiger partial charge in [0.1, 0.15) is 12.2 Å². The predicted molar refractivity (Wildman–Crippen MR) is 79.9 cm³/mol. The average Bonchev–Trinajstić information content (AvgIpc) is 3.29. The van der Waals surface area contributed by atoms with Crippen molar-refractivity contribution in [1.82, 2.24) is 0 Å². The van der Waals surface area contributed by atoms with E-state index in [1.54, 1.807) is 0 Å². The molecule has 3 nitrogen and oxygen atoms in total. The Labute approximate surface area is 131 Å². The van der Waals surface area contributed by atoms with Crippen molar-refractivity contribution in [2.24, 2.45) is 47.3 Å². The minimum Gasteiger partial charge on any atom is -0.427 e. The number of allylic oxidation sites excluding steroid dienone is 2. The number of fused-ring (bicyclic) bond motifs is 10. The monoisotopic (exact) mass is 300 g/mol. The van der Waals surface area contributed by atoms with Gasteiger partial charge in [-0.05, 0) is 85.9 Å². The van der Waals surface area contributed by atoms with Gasteiger partial charge in [0.15, 0.2) is 0 Å². The van der Waals surface area contributed by atoms with E-state index in [0.29, 0.717) is 0 Å². The zero-order valence-corrected chi connectivity index (χ0v) is 12.9. The molecule has 1 aliphatic heterocycles. The van der Waals surface area contributed by atoms with E-state index in [0.717, 1.165) is 60.2 Å². The molecule has 22 heavy (non-hydrogen) atoms. The van der Waals surface area contributed by atoms with Crippen LogP contribution >= 0.6 is 0 Å². The second-order valence-corrected chi connectivity index (χ2v) is 8.80. The van der Waals surface area contributed by atoms with Crippen molar-refractivity contribution < 1.29 is 14.3 Å². The highest BCUT2D eigenvalue weighted by molar-refractivity contribution is 5.62. The van der Waals surface area contributed by atoms with E-state index in [-0.39, 0.29) is 12.2 Å². The Hall–Kier alpha value is -0.990. The molecule has 5 fully saturated rings. The van der Waals surface area contributed by atoms with Crippen LogP contribution in [-0.2, 0) is 9.47 Å².